The number of carbonyl (C=O) groups excluding carboxylic acids is 2. The van der Waals surface area contributed by atoms with Gasteiger partial charge in [-0.25, -0.2) is 0 Å². The van der Waals surface area contributed by atoms with Gasteiger partial charge in [0.25, 0.3) is 11.7 Å². The third-order valence-corrected chi connectivity index (χ3v) is 6.89. The third kappa shape index (κ3) is 4.92. The summed E-state index contributed by atoms with van der Waals surface area (Å²) in [6.45, 7) is 0. The van der Waals surface area contributed by atoms with Crippen LogP contribution in [0.5, 0.6) is 17.2 Å². The summed E-state index contributed by atoms with van der Waals surface area (Å²) in [7, 11) is 2.82. The number of aromatic hydroxyl groups is 1. The Balaban J connectivity index is 1.63. The second-order valence-corrected chi connectivity index (χ2v) is 9.39. The Morgan fingerprint density at radius 2 is 1.48 bits per heavy atom. The van der Waals surface area contributed by atoms with Crippen LogP contribution in [-0.4, -0.2) is 36.1 Å². The lowest BCUT2D eigenvalue weighted by molar-refractivity contribution is -0.132. The monoisotopic (exact) mass is 556 g/mol. The normalized spacial score (nSPS) is 16.2. The van der Waals surface area contributed by atoms with Crippen LogP contribution in [0.3, 0.4) is 0 Å². The van der Waals surface area contributed by atoms with Gasteiger partial charge in [0.2, 0.25) is 0 Å². The highest BCUT2D eigenvalue weighted by molar-refractivity contribution is 6.51. The van der Waals surface area contributed by atoms with Crippen LogP contribution in [0, 0.1) is 0 Å². The van der Waals surface area contributed by atoms with Crippen molar-refractivity contribution in [2.45, 2.75) is 6.04 Å². The Labute approximate surface area is 235 Å². The smallest absolute Gasteiger partial charge is 0.300 e. The fourth-order valence-electron chi connectivity index (χ4n) is 4.65. The van der Waals surface area contributed by atoms with Crippen LogP contribution in [-0.2, 0) is 9.59 Å². The van der Waals surface area contributed by atoms with Crippen molar-refractivity contribution >= 4 is 46.1 Å². The molecule has 3 N–H and O–H groups in total. The number of phenolic OH excluding ortho intramolecular Hbond substituents is 1. The lowest BCUT2D eigenvalue weighted by atomic mass is 9.94. The number of aliphatic hydroxyl groups is 1. The standard InChI is InChI=1S/C31H25ClN2O6/c1-39-25-17-24(32)26(40-2)16-23(25)29(36)27-28(18-8-14-22(35)15-9-18)34(31(38)30(27)37)21-12-10-20(11-13-21)33-19-6-4-3-5-7-19/h3-17,28,33,35-36H,1-2H3/b29-27+. The zero-order valence-electron chi connectivity index (χ0n) is 21.6. The summed E-state index contributed by atoms with van der Waals surface area (Å²) >= 11 is 6.24. The Hall–Kier alpha value is -4.95. The maximum absolute atomic E-state index is 13.5. The van der Waals surface area contributed by atoms with Crippen LogP contribution in [0.15, 0.2) is 96.6 Å². The molecule has 202 valence electrons. The van der Waals surface area contributed by atoms with Crippen LogP contribution < -0.4 is 19.7 Å². The molecule has 1 heterocycles. The summed E-state index contributed by atoms with van der Waals surface area (Å²) < 4.78 is 10.7. The lowest BCUT2D eigenvalue weighted by Gasteiger charge is -2.26. The van der Waals surface area contributed by atoms with Gasteiger partial charge < -0.3 is 25.0 Å². The SMILES string of the molecule is COc1cc(/C(O)=C2\C(=O)C(=O)N(c3ccc(Nc4ccccc4)cc3)C2c2ccc(O)cc2)c(OC)cc1Cl. The average molecular weight is 557 g/mol. The molecule has 0 aromatic heterocycles. The molecular weight excluding hydrogens is 532 g/mol. The predicted molar refractivity (Wildman–Crippen MR) is 154 cm³/mol. The quantitative estimate of drug-likeness (QED) is 0.137. The Kier molecular flexibility index (Phi) is 7.35. The average Bonchev–Trinajstić information content (AvgIpc) is 3.23. The van der Waals surface area contributed by atoms with Crippen LogP contribution in [0.4, 0.5) is 17.1 Å². The minimum atomic E-state index is -1.00. The number of phenols is 1. The number of rotatable bonds is 7. The van der Waals surface area contributed by atoms with E-state index in [1.165, 1.54) is 43.4 Å². The van der Waals surface area contributed by atoms with Gasteiger partial charge in [0.15, 0.2) is 0 Å². The van der Waals surface area contributed by atoms with E-state index >= 15 is 0 Å². The summed E-state index contributed by atoms with van der Waals surface area (Å²) in [6.07, 6.45) is 0. The molecule has 0 spiro atoms. The number of nitrogens with one attached hydrogen (secondary N) is 1. The zero-order valence-corrected chi connectivity index (χ0v) is 22.3. The van der Waals surface area contributed by atoms with Crippen molar-refractivity contribution in [3.63, 3.8) is 0 Å². The molecule has 4 aromatic carbocycles. The molecule has 1 saturated heterocycles. The zero-order chi connectivity index (χ0) is 28.4. The highest BCUT2D eigenvalue weighted by Crippen LogP contribution is 2.45. The Bertz CT molecular complexity index is 1600. The number of hydrogen-bond acceptors (Lipinski definition) is 7. The van der Waals surface area contributed by atoms with E-state index in [1.54, 1.807) is 36.4 Å². The number of nitrogens with zero attached hydrogens (tertiary/aromatic N) is 1. The summed E-state index contributed by atoms with van der Waals surface area (Å²) in [5.41, 5.74) is 2.61. The van der Waals surface area contributed by atoms with E-state index in [-0.39, 0.29) is 33.4 Å². The van der Waals surface area contributed by atoms with E-state index in [1.807, 2.05) is 30.3 Å². The van der Waals surface area contributed by atoms with Gasteiger partial charge in [0.05, 0.1) is 36.4 Å². The first-order chi connectivity index (χ1) is 19.3. The number of ketones is 1. The van der Waals surface area contributed by atoms with Crippen LogP contribution in [0.25, 0.3) is 5.76 Å². The second kappa shape index (κ2) is 11.0. The summed E-state index contributed by atoms with van der Waals surface area (Å²) in [5.74, 6) is -1.69. The second-order valence-electron chi connectivity index (χ2n) is 8.99. The molecule has 5 rings (SSSR count). The summed E-state index contributed by atoms with van der Waals surface area (Å²) in [4.78, 5) is 28.3. The molecule has 1 aliphatic heterocycles. The summed E-state index contributed by atoms with van der Waals surface area (Å²) in [5, 5.41) is 24.9. The Morgan fingerprint density at radius 1 is 0.850 bits per heavy atom. The van der Waals surface area contributed by atoms with E-state index in [9.17, 15) is 19.8 Å². The molecule has 1 atom stereocenters. The van der Waals surface area contributed by atoms with E-state index in [2.05, 4.69) is 5.32 Å². The number of anilines is 3. The number of ether oxygens (including phenoxy) is 2. The fraction of sp³-hybridized carbons (Fsp3) is 0.0968. The van der Waals surface area contributed by atoms with E-state index < -0.39 is 23.5 Å². The van der Waals surface area contributed by atoms with E-state index in [0.29, 0.717) is 11.3 Å². The minimum Gasteiger partial charge on any atom is -0.508 e. The first-order valence-electron chi connectivity index (χ1n) is 12.3. The maximum atomic E-state index is 13.5. The van der Waals surface area contributed by atoms with Crippen molar-refractivity contribution in [1.82, 2.24) is 0 Å². The van der Waals surface area contributed by atoms with Gasteiger partial charge >= 0.3 is 0 Å². The van der Waals surface area contributed by atoms with Crippen molar-refractivity contribution in [2.24, 2.45) is 0 Å². The molecule has 9 heteroatoms. The van der Waals surface area contributed by atoms with Gasteiger partial charge in [-0.2, -0.15) is 0 Å². The number of methoxy groups -OCH3 is 2. The topological polar surface area (TPSA) is 108 Å². The number of benzene rings is 4. The first-order valence-corrected chi connectivity index (χ1v) is 12.6. The van der Waals surface area contributed by atoms with Crippen molar-refractivity contribution in [1.29, 1.82) is 0 Å². The maximum Gasteiger partial charge on any atom is 0.300 e. The molecule has 0 saturated carbocycles. The highest BCUT2D eigenvalue weighted by Gasteiger charge is 2.47. The molecule has 1 unspecified atom stereocenters. The highest BCUT2D eigenvalue weighted by atomic mass is 35.5. The Morgan fingerprint density at radius 3 is 2.10 bits per heavy atom. The van der Waals surface area contributed by atoms with E-state index in [4.69, 9.17) is 21.1 Å². The lowest BCUT2D eigenvalue weighted by Crippen LogP contribution is -2.29. The molecule has 1 fully saturated rings. The van der Waals surface area contributed by atoms with Crippen molar-refractivity contribution in [3.8, 4) is 17.2 Å². The van der Waals surface area contributed by atoms with Gasteiger partial charge in [-0.3, -0.25) is 14.5 Å². The number of hydrogen-bond donors (Lipinski definition) is 3. The number of para-hydroxylation sites is 1. The molecule has 8 nitrogen and oxygen atoms in total. The molecule has 1 amide bonds. The fourth-order valence-corrected chi connectivity index (χ4v) is 4.89. The third-order valence-electron chi connectivity index (χ3n) is 6.59. The largest absolute Gasteiger partial charge is 0.508 e. The molecular formula is C31H25ClN2O6. The van der Waals surface area contributed by atoms with Crippen LogP contribution in [0.2, 0.25) is 5.02 Å². The first kappa shape index (κ1) is 26.6. The van der Waals surface area contributed by atoms with Gasteiger partial charge in [-0.1, -0.05) is 41.9 Å². The van der Waals surface area contributed by atoms with Crippen molar-refractivity contribution in [3.05, 3.63) is 113 Å². The molecule has 0 bridgehead atoms. The van der Waals surface area contributed by atoms with Gasteiger partial charge in [-0.15, -0.1) is 0 Å². The molecule has 4 aromatic rings. The predicted octanol–water partition coefficient (Wildman–Crippen LogP) is 6.43. The van der Waals surface area contributed by atoms with Gasteiger partial charge in [0.1, 0.15) is 23.0 Å². The van der Waals surface area contributed by atoms with Crippen molar-refractivity contribution in [2.75, 3.05) is 24.4 Å². The molecule has 0 radical (unpaired) electrons. The molecule has 1 aliphatic rings. The van der Waals surface area contributed by atoms with Crippen LogP contribution >= 0.6 is 11.6 Å². The number of Topliss-reactive ketones (excluding diaryl/α,β-unsaturated/α-hetero) is 1. The summed E-state index contributed by atoms with van der Waals surface area (Å²) in [6, 6.07) is 24.6. The number of amides is 1. The van der Waals surface area contributed by atoms with Gasteiger partial charge in [0, 0.05) is 23.1 Å². The minimum absolute atomic E-state index is 0.0150. The molecule has 0 aliphatic carbocycles. The number of carbonyl (C=O) groups is 2. The number of halogens is 1. The van der Waals surface area contributed by atoms with Crippen molar-refractivity contribution < 1.29 is 29.3 Å². The van der Waals surface area contributed by atoms with E-state index in [0.717, 1.165) is 11.4 Å². The van der Waals surface area contributed by atoms with Crippen LogP contribution in [0.1, 0.15) is 17.2 Å². The molecule has 40 heavy (non-hydrogen) atoms. The van der Waals surface area contributed by atoms with Gasteiger partial charge in [-0.05, 0) is 60.2 Å². The number of aliphatic hydroxyl groups excluding tert-OH is 1.